The predicted molar refractivity (Wildman–Crippen MR) is 61.3 cm³/mol. The number of hydrogen-bond donors (Lipinski definition) is 1. The van der Waals surface area contributed by atoms with E-state index in [-0.39, 0.29) is 10.2 Å². The molecule has 18 heavy (non-hydrogen) atoms. The van der Waals surface area contributed by atoms with Crippen LogP contribution in [-0.2, 0) is 6.30 Å². The quantitative estimate of drug-likeness (QED) is 0.837. The molecule has 1 N–H and O–H groups in total. The number of halogens is 3. The van der Waals surface area contributed by atoms with Gasteiger partial charge in [0.25, 0.3) is 5.56 Å². The SMILES string of the molecule is Cc1ccc(-c2c[nH]n(C(F)(F)F)c2=O)cc1C. The normalized spacial score (nSPS) is 11.8. The van der Waals surface area contributed by atoms with Gasteiger partial charge in [-0.15, -0.1) is 13.2 Å². The molecule has 2 rings (SSSR count). The monoisotopic (exact) mass is 256 g/mol. The molecule has 0 unspecified atom stereocenters. The van der Waals surface area contributed by atoms with Crippen LogP contribution in [0.5, 0.6) is 0 Å². The minimum absolute atomic E-state index is 0.00965. The molecule has 6 heteroatoms. The van der Waals surface area contributed by atoms with Crippen molar-refractivity contribution in [2.24, 2.45) is 0 Å². The molecule has 0 aliphatic rings. The van der Waals surface area contributed by atoms with E-state index < -0.39 is 11.9 Å². The highest BCUT2D eigenvalue weighted by Crippen LogP contribution is 2.23. The highest BCUT2D eigenvalue weighted by molar-refractivity contribution is 5.63. The summed E-state index contributed by atoms with van der Waals surface area (Å²) in [5.41, 5.74) is 1.33. The van der Waals surface area contributed by atoms with Crippen molar-refractivity contribution in [1.82, 2.24) is 9.78 Å². The van der Waals surface area contributed by atoms with Gasteiger partial charge in [0.15, 0.2) is 0 Å². The fraction of sp³-hybridized carbons (Fsp3) is 0.250. The van der Waals surface area contributed by atoms with Gasteiger partial charge in [-0.2, -0.15) is 4.68 Å². The zero-order valence-corrected chi connectivity index (χ0v) is 9.80. The molecular formula is C12H11F3N2O. The van der Waals surface area contributed by atoms with Crippen molar-refractivity contribution in [3.05, 3.63) is 45.9 Å². The van der Waals surface area contributed by atoms with Crippen molar-refractivity contribution in [3.63, 3.8) is 0 Å². The van der Waals surface area contributed by atoms with E-state index in [2.05, 4.69) is 0 Å². The van der Waals surface area contributed by atoms with Crippen LogP contribution in [0.2, 0.25) is 0 Å². The molecule has 1 heterocycles. The Balaban J connectivity index is 2.56. The smallest absolute Gasteiger partial charge is 0.295 e. The molecule has 0 radical (unpaired) electrons. The Kier molecular flexibility index (Phi) is 2.80. The Morgan fingerprint density at radius 2 is 1.83 bits per heavy atom. The summed E-state index contributed by atoms with van der Waals surface area (Å²) in [7, 11) is 0. The van der Waals surface area contributed by atoms with Gasteiger partial charge in [-0.3, -0.25) is 9.89 Å². The lowest BCUT2D eigenvalue weighted by Gasteiger charge is -2.05. The molecule has 3 nitrogen and oxygen atoms in total. The molecule has 0 aliphatic heterocycles. The summed E-state index contributed by atoms with van der Waals surface area (Å²) in [5.74, 6) is 0. The first kappa shape index (κ1) is 12.5. The fourth-order valence-corrected chi connectivity index (χ4v) is 1.67. The number of rotatable bonds is 1. The van der Waals surface area contributed by atoms with Gasteiger partial charge in [0.05, 0.1) is 5.56 Å². The van der Waals surface area contributed by atoms with Crippen molar-refractivity contribution in [1.29, 1.82) is 0 Å². The molecular weight excluding hydrogens is 245 g/mol. The second-order valence-corrected chi connectivity index (χ2v) is 4.09. The van der Waals surface area contributed by atoms with Gasteiger partial charge < -0.3 is 0 Å². The van der Waals surface area contributed by atoms with E-state index in [4.69, 9.17) is 0 Å². The topological polar surface area (TPSA) is 37.8 Å². The van der Waals surface area contributed by atoms with E-state index in [0.29, 0.717) is 5.56 Å². The maximum Gasteiger partial charge on any atom is 0.505 e. The lowest BCUT2D eigenvalue weighted by Crippen LogP contribution is -2.29. The average molecular weight is 256 g/mol. The van der Waals surface area contributed by atoms with E-state index in [1.54, 1.807) is 18.2 Å². The number of alkyl halides is 3. The first-order valence-electron chi connectivity index (χ1n) is 5.26. The number of aryl methyl sites for hydroxylation is 2. The molecule has 0 atom stereocenters. The van der Waals surface area contributed by atoms with Crippen LogP contribution < -0.4 is 5.56 Å². The third kappa shape index (κ3) is 2.05. The van der Waals surface area contributed by atoms with Crippen LogP contribution in [0.1, 0.15) is 11.1 Å². The predicted octanol–water partition coefficient (Wildman–Crippen LogP) is 2.94. The number of hydrogen-bond acceptors (Lipinski definition) is 1. The van der Waals surface area contributed by atoms with Gasteiger partial charge in [0.1, 0.15) is 0 Å². The van der Waals surface area contributed by atoms with Crippen LogP contribution in [-0.4, -0.2) is 9.78 Å². The maximum atomic E-state index is 12.5. The third-order valence-electron chi connectivity index (χ3n) is 2.84. The lowest BCUT2D eigenvalue weighted by molar-refractivity contribution is -0.214. The lowest BCUT2D eigenvalue weighted by atomic mass is 10.0. The summed E-state index contributed by atoms with van der Waals surface area (Å²) in [6, 6.07) is 5.10. The van der Waals surface area contributed by atoms with E-state index in [0.717, 1.165) is 17.3 Å². The number of nitrogens with zero attached hydrogens (tertiary/aromatic N) is 1. The second-order valence-electron chi connectivity index (χ2n) is 4.09. The first-order chi connectivity index (χ1) is 8.30. The Labute approximate surface area is 101 Å². The first-order valence-corrected chi connectivity index (χ1v) is 5.26. The van der Waals surface area contributed by atoms with E-state index in [9.17, 15) is 18.0 Å². The van der Waals surface area contributed by atoms with Crippen LogP contribution in [0, 0.1) is 13.8 Å². The molecule has 0 saturated heterocycles. The van der Waals surface area contributed by atoms with E-state index in [1.165, 1.54) is 0 Å². The van der Waals surface area contributed by atoms with E-state index in [1.807, 2.05) is 18.9 Å². The standard InChI is InChI=1S/C12H11F3N2O/c1-7-3-4-9(5-8(7)2)10-6-16-17(11(10)18)12(13,14)15/h3-6,16H,1-2H3. The Bertz CT molecular complexity index is 638. The third-order valence-corrected chi connectivity index (χ3v) is 2.84. The number of aromatic nitrogens is 2. The minimum atomic E-state index is -4.73. The highest BCUT2D eigenvalue weighted by atomic mass is 19.4. The van der Waals surface area contributed by atoms with Gasteiger partial charge in [-0.25, -0.2) is 0 Å². The summed E-state index contributed by atoms with van der Waals surface area (Å²) in [6.45, 7) is 3.73. The Morgan fingerprint density at radius 1 is 1.17 bits per heavy atom. The molecule has 1 aromatic carbocycles. The minimum Gasteiger partial charge on any atom is -0.295 e. The highest BCUT2D eigenvalue weighted by Gasteiger charge is 2.34. The van der Waals surface area contributed by atoms with Gasteiger partial charge in [-0.1, -0.05) is 18.2 Å². The van der Waals surface area contributed by atoms with Gasteiger partial charge in [0.2, 0.25) is 0 Å². The van der Waals surface area contributed by atoms with Crippen LogP contribution in [0.15, 0.2) is 29.2 Å². The molecule has 1 aromatic heterocycles. The van der Waals surface area contributed by atoms with Crippen LogP contribution in [0.4, 0.5) is 13.2 Å². The molecule has 0 amide bonds. The van der Waals surface area contributed by atoms with Gasteiger partial charge >= 0.3 is 6.30 Å². The van der Waals surface area contributed by atoms with Crippen LogP contribution in [0.3, 0.4) is 0 Å². The Morgan fingerprint density at radius 3 is 2.33 bits per heavy atom. The van der Waals surface area contributed by atoms with Crippen molar-refractivity contribution >= 4 is 0 Å². The zero-order chi connectivity index (χ0) is 13.5. The molecule has 96 valence electrons. The van der Waals surface area contributed by atoms with Crippen LogP contribution >= 0.6 is 0 Å². The molecule has 0 spiro atoms. The Hall–Kier alpha value is -1.98. The largest absolute Gasteiger partial charge is 0.505 e. The number of benzene rings is 1. The van der Waals surface area contributed by atoms with Crippen molar-refractivity contribution in [3.8, 4) is 11.1 Å². The number of H-pyrrole nitrogens is 1. The van der Waals surface area contributed by atoms with Gasteiger partial charge in [-0.05, 0) is 30.5 Å². The molecule has 0 saturated carbocycles. The molecule has 0 aliphatic carbocycles. The molecule has 0 bridgehead atoms. The summed E-state index contributed by atoms with van der Waals surface area (Å²) in [6.07, 6.45) is -3.66. The summed E-state index contributed by atoms with van der Waals surface area (Å²) < 4.78 is 37.0. The number of nitrogens with one attached hydrogen (secondary N) is 1. The summed E-state index contributed by atoms with van der Waals surface area (Å²) >= 11 is 0. The molecule has 2 aromatic rings. The van der Waals surface area contributed by atoms with E-state index >= 15 is 0 Å². The van der Waals surface area contributed by atoms with Crippen molar-refractivity contribution < 1.29 is 13.2 Å². The van der Waals surface area contributed by atoms with Crippen molar-refractivity contribution in [2.45, 2.75) is 20.1 Å². The van der Waals surface area contributed by atoms with Crippen molar-refractivity contribution in [2.75, 3.05) is 0 Å². The van der Waals surface area contributed by atoms with Gasteiger partial charge in [0, 0.05) is 6.20 Å². The average Bonchev–Trinajstić information content (AvgIpc) is 2.64. The summed E-state index contributed by atoms with van der Waals surface area (Å²) in [5, 5.41) is 1.93. The molecule has 0 fully saturated rings. The fourth-order valence-electron chi connectivity index (χ4n) is 1.67. The zero-order valence-electron chi connectivity index (χ0n) is 9.80. The second kappa shape index (κ2) is 4.04. The maximum absolute atomic E-state index is 12.5. The summed E-state index contributed by atoms with van der Waals surface area (Å²) in [4.78, 5) is 11.6. The number of aromatic amines is 1. The van der Waals surface area contributed by atoms with Crippen LogP contribution in [0.25, 0.3) is 11.1 Å².